The Morgan fingerprint density at radius 2 is 1.88 bits per heavy atom. The Morgan fingerprint density at radius 1 is 1.29 bits per heavy atom. The Morgan fingerprint density at radius 3 is 2.41 bits per heavy atom. The smallest absolute Gasteiger partial charge is 0.134 e. The molecule has 0 amide bonds. The molecule has 3 heteroatoms. The van der Waals surface area contributed by atoms with E-state index in [4.69, 9.17) is 4.74 Å². The predicted molar refractivity (Wildman–Crippen MR) is 80.4 cm³/mol. The van der Waals surface area contributed by atoms with Crippen molar-refractivity contribution >= 4 is 22.6 Å². The van der Waals surface area contributed by atoms with Crippen molar-refractivity contribution in [2.24, 2.45) is 11.3 Å². The number of halogens is 1. The molecule has 0 aromatic heterocycles. The third-order valence-corrected chi connectivity index (χ3v) is 4.96. The molecule has 102 valence electrons. The lowest BCUT2D eigenvalue weighted by molar-refractivity contribution is -0.0839. The maximum Gasteiger partial charge on any atom is 0.134 e. The first-order valence-electron chi connectivity index (χ1n) is 6.84. The highest BCUT2D eigenvalue weighted by Gasteiger charge is 2.36. The van der Waals surface area contributed by atoms with Crippen LogP contribution in [0.5, 0.6) is 0 Å². The van der Waals surface area contributed by atoms with Crippen molar-refractivity contribution in [2.75, 3.05) is 0 Å². The standard InChI is InChI=1S/C14H27IO2/c1-5-11(16)13(15)17-12-9-7-6-8-10(12)14(2,3)4/h10-13,16H,5-9H2,1-4H3. The lowest BCUT2D eigenvalue weighted by Gasteiger charge is -2.41. The van der Waals surface area contributed by atoms with E-state index in [1.807, 2.05) is 6.92 Å². The predicted octanol–water partition coefficient (Wildman–Crippen LogP) is 4.14. The Balaban J connectivity index is 2.60. The maximum atomic E-state index is 9.81. The summed E-state index contributed by atoms with van der Waals surface area (Å²) in [4.78, 5) is 0. The zero-order chi connectivity index (χ0) is 13.1. The highest BCUT2D eigenvalue weighted by Crippen LogP contribution is 2.40. The minimum absolute atomic E-state index is 0.0643. The molecule has 1 aliphatic carbocycles. The van der Waals surface area contributed by atoms with Crippen molar-refractivity contribution in [3.8, 4) is 0 Å². The van der Waals surface area contributed by atoms with Crippen LogP contribution in [0.1, 0.15) is 59.8 Å². The molecular weight excluding hydrogens is 327 g/mol. The van der Waals surface area contributed by atoms with E-state index >= 15 is 0 Å². The average molecular weight is 354 g/mol. The molecule has 0 saturated heterocycles. The second-order valence-electron chi connectivity index (χ2n) is 6.26. The summed E-state index contributed by atoms with van der Waals surface area (Å²) in [5.41, 5.74) is 0.304. The summed E-state index contributed by atoms with van der Waals surface area (Å²) >= 11 is 2.24. The molecule has 1 N–H and O–H groups in total. The topological polar surface area (TPSA) is 29.5 Å². The number of rotatable bonds is 4. The van der Waals surface area contributed by atoms with Gasteiger partial charge in [-0.1, -0.05) is 40.5 Å². The molecule has 4 atom stereocenters. The molecule has 1 saturated carbocycles. The lowest BCUT2D eigenvalue weighted by atomic mass is 9.70. The number of ether oxygens (including phenoxy) is 1. The average Bonchev–Trinajstić information content (AvgIpc) is 2.27. The minimum Gasteiger partial charge on any atom is -0.390 e. The largest absolute Gasteiger partial charge is 0.390 e. The van der Waals surface area contributed by atoms with Crippen molar-refractivity contribution in [2.45, 2.75) is 76.1 Å². The van der Waals surface area contributed by atoms with Gasteiger partial charge >= 0.3 is 0 Å². The van der Waals surface area contributed by atoms with E-state index < -0.39 is 0 Å². The van der Waals surface area contributed by atoms with E-state index in [9.17, 15) is 5.11 Å². The van der Waals surface area contributed by atoms with Crippen molar-refractivity contribution in [3.05, 3.63) is 0 Å². The van der Waals surface area contributed by atoms with Crippen LogP contribution >= 0.6 is 22.6 Å². The highest BCUT2D eigenvalue weighted by atomic mass is 127. The molecule has 0 heterocycles. The molecule has 0 aliphatic heterocycles. The third kappa shape index (κ3) is 4.67. The van der Waals surface area contributed by atoms with Gasteiger partial charge in [-0.25, -0.2) is 0 Å². The van der Waals surface area contributed by atoms with Crippen LogP contribution in [0.15, 0.2) is 0 Å². The molecule has 0 spiro atoms. The summed E-state index contributed by atoms with van der Waals surface area (Å²) in [7, 11) is 0. The van der Waals surface area contributed by atoms with Gasteiger partial charge in [0, 0.05) is 0 Å². The maximum absolute atomic E-state index is 9.81. The van der Waals surface area contributed by atoms with Gasteiger partial charge in [-0.3, -0.25) is 0 Å². The first kappa shape index (κ1) is 15.7. The SMILES string of the molecule is CCC(O)C(I)OC1CCCCC1C(C)(C)C. The first-order valence-corrected chi connectivity index (χ1v) is 8.08. The van der Waals surface area contributed by atoms with Crippen LogP contribution in [0.25, 0.3) is 0 Å². The van der Waals surface area contributed by atoms with Gasteiger partial charge in [0.15, 0.2) is 0 Å². The van der Waals surface area contributed by atoms with Gasteiger partial charge < -0.3 is 9.84 Å². The first-order chi connectivity index (χ1) is 7.86. The third-order valence-electron chi connectivity index (χ3n) is 3.84. The van der Waals surface area contributed by atoms with Gasteiger partial charge in [0.1, 0.15) is 4.11 Å². The van der Waals surface area contributed by atoms with Gasteiger partial charge in [-0.2, -0.15) is 0 Å². The quantitative estimate of drug-likeness (QED) is 0.607. The summed E-state index contributed by atoms with van der Waals surface area (Å²) in [5, 5.41) is 9.81. The second kappa shape index (κ2) is 6.71. The number of hydrogen-bond donors (Lipinski definition) is 1. The van der Waals surface area contributed by atoms with Gasteiger partial charge in [-0.15, -0.1) is 0 Å². The minimum atomic E-state index is -0.335. The fourth-order valence-electron chi connectivity index (χ4n) is 2.69. The molecule has 0 bridgehead atoms. The van der Waals surface area contributed by atoms with Gasteiger partial charge in [0.05, 0.1) is 12.2 Å². The van der Waals surface area contributed by atoms with E-state index in [0.717, 1.165) is 12.8 Å². The molecule has 17 heavy (non-hydrogen) atoms. The fourth-order valence-corrected chi connectivity index (χ4v) is 3.58. The van der Waals surface area contributed by atoms with E-state index in [-0.39, 0.29) is 10.2 Å². The number of alkyl halides is 1. The summed E-state index contributed by atoms with van der Waals surface area (Å²) in [6, 6.07) is 0. The highest BCUT2D eigenvalue weighted by molar-refractivity contribution is 14.1. The van der Waals surface area contributed by atoms with Crippen LogP contribution < -0.4 is 0 Å². The molecule has 4 unspecified atom stereocenters. The fraction of sp³-hybridized carbons (Fsp3) is 1.00. The summed E-state index contributed by atoms with van der Waals surface area (Å²) in [5.74, 6) is 0.623. The molecule has 0 radical (unpaired) electrons. The molecule has 2 nitrogen and oxygen atoms in total. The Labute approximate surface area is 120 Å². The van der Waals surface area contributed by atoms with Crippen LogP contribution in [-0.4, -0.2) is 21.4 Å². The van der Waals surface area contributed by atoms with Gasteiger partial charge in [-0.05, 0) is 53.2 Å². The van der Waals surface area contributed by atoms with Crippen LogP contribution in [0.2, 0.25) is 0 Å². The monoisotopic (exact) mass is 354 g/mol. The Bertz CT molecular complexity index is 225. The molecule has 0 aromatic carbocycles. The summed E-state index contributed by atoms with van der Waals surface area (Å²) in [6.45, 7) is 8.91. The molecular formula is C14H27IO2. The lowest BCUT2D eigenvalue weighted by Crippen LogP contribution is -2.40. The van der Waals surface area contributed by atoms with E-state index in [1.54, 1.807) is 0 Å². The zero-order valence-electron chi connectivity index (χ0n) is 11.6. The van der Waals surface area contributed by atoms with Crippen LogP contribution in [0.3, 0.4) is 0 Å². The van der Waals surface area contributed by atoms with E-state index in [0.29, 0.717) is 17.4 Å². The summed E-state index contributed by atoms with van der Waals surface area (Å²) in [6.07, 6.45) is 5.76. The Kier molecular flexibility index (Phi) is 6.20. The van der Waals surface area contributed by atoms with Crippen LogP contribution in [0.4, 0.5) is 0 Å². The van der Waals surface area contributed by atoms with Crippen LogP contribution in [-0.2, 0) is 4.74 Å². The molecule has 1 fully saturated rings. The molecule has 0 aromatic rings. The van der Waals surface area contributed by atoms with Crippen LogP contribution in [0, 0.1) is 11.3 Å². The normalized spacial score (nSPS) is 30.0. The summed E-state index contributed by atoms with van der Waals surface area (Å²) < 4.78 is 6.06. The molecule has 1 aliphatic rings. The van der Waals surface area contributed by atoms with Gasteiger partial charge in [0.2, 0.25) is 0 Å². The van der Waals surface area contributed by atoms with E-state index in [2.05, 4.69) is 43.4 Å². The number of aliphatic hydroxyl groups excluding tert-OH is 1. The van der Waals surface area contributed by atoms with E-state index in [1.165, 1.54) is 19.3 Å². The Hall–Kier alpha value is 0.650. The van der Waals surface area contributed by atoms with Crippen molar-refractivity contribution in [3.63, 3.8) is 0 Å². The van der Waals surface area contributed by atoms with Crippen molar-refractivity contribution < 1.29 is 9.84 Å². The van der Waals surface area contributed by atoms with Gasteiger partial charge in [0.25, 0.3) is 0 Å². The number of hydrogen-bond acceptors (Lipinski definition) is 2. The van der Waals surface area contributed by atoms with Crippen molar-refractivity contribution in [1.82, 2.24) is 0 Å². The van der Waals surface area contributed by atoms with Crippen molar-refractivity contribution in [1.29, 1.82) is 0 Å². The molecule has 1 rings (SSSR count). The zero-order valence-corrected chi connectivity index (χ0v) is 13.7. The number of aliphatic hydroxyl groups is 1. The second-order valence-corrected chi connectivity index (χ2v) is 7.49.